The molecule has 0 aliphatic heterocycles. The quantitative estimate of drug-likeness (QED) is 0.722. The van der Waals surface area contributed by atoms with Gasteiger partial charge in [0.1, 0.15) is 11.0 Å². The van der Waals surface area contributed by atoms with Crippen molar-refractivity contribution in [1.82, 2.24) is 0 Å². The second-order valence-corrected chi connectivity index (χ2v) is 6.99. The molecule has 2 aromatic rings. The standard InChI is InChI=1S/C16H15F3O2S2/c17-16(18,19)15(22-11-13-7-3-1-4-8-13)12-23(20)21-14-9-5-2-6-10-14/h1-10,15H,11-12H2/t15-,23?/m1/s1. The predicted molar refractivity (Wildman–Crippen MR) is 87.7 cm³/mol. The van der Waals surface area contributed by atoms with Gasteiger partial charge in [0.2, 0.25) is 11.1 Å². The first-order chi connectivity index (χ1) is 10.9. The van der Waals surface area contributed by atoms with E-state index < -0.39 is 28.3 Å². The Balaban J connectivity index is 1.94. The van der Waals surface area contributed by atoms with Crippen molar-refractivity contribution in [2.75, 3.05) is 5.75 Å². The van der Waals surface area contributed by atoms with Gasteiger partial charge in [-0.05, 0) is 17.7 Å². The molecule has 2 rings (SSSR count). The van der Waals surface area contributed by atoms with Gasteiger partial charge in [-0.15, -0.1) is 11.8 Å². The van der Waals surface area contributed by atoms with Crippen LogP contribution in [0.25, 0.3) is 0 Å². The van der Waals surface area contributed by atoms with Crippen LogP contribution < -0.4 is 4.18 Å². The summed E-state index contributed by atoms with van der Waals surface area (Å²) in [6.07, 6.45) is -4.44. The van der Waals surface area contributed by atoms with E-state index in [-0.39, 0.29) is 5.75 Å². The van der Waals surface area contributed by atoms with E-state index in [0.717, 1.165) is 17.3 Å². The second-order valence-electron chi connectivity index (χ2n) is 4.69. The molecule has 1 unspecified atom stereocenters. The molecule has 2 nitrogen and oxygen atoms in total. The van der Waals surface area contributed by atoms with Crippen LogP contribution in [0.15, 0.2) is 60.7 Å². The minimum atomic E-state index is -4.44. The van der Waals surface area contributed by atoms with Crippen LogP contribution in [0.2, 0.25) is 0 Å². The number of para-hydroxylation sites is 1. The molecular formula is C16H15F3O2S2. The summed E-state index contributed by atoms with van der Waals surface area (Å²) in [5.74, 6) is -0.108. The summed E-state index contributed by atoms with van der Waals surface area (Å²) >= 11 is -1.32. The van der Waals surface area contributed by atoms with Crippen molar-refractivity contribution < 1.29 is 21.6 Å². The third kappa shape index (κ3) is 6.27. The Hall–Kier alpha value is -1.47. The predicted octanol–water partition coefficient (Wildman–Crippen LogP) is 4.59. The van der Waals surface area contributed by atoms with Crippen LogP contribution in [0, 0.1) is 0 Å². The Bertz CT molecular complexity index is 618. The molecule has 124 valence electrons. The molecule has 0 N–H and O–H groups in total. The van der Waals surface area contributed by atoms with Crippen LogP contribution in [-0.2, 0) is 16.8 Å². The van der Waals surface area contributed by atoms with Crippen molar-refractivity contribution in [3.05, 3.63) is 66.2 Å². The van der Waals surface area contributed by atoms with Crippen LogP contribution in [0.3, 0.4) is 0 Å². The molecular weight excluding hydrogens is 345 g/mol. The fraction of sp³-hybridized carbons (Fsp3) is 0.250. The molecule has 0 radical (unpaired) electrons. The average Bonchev–Trinajstić information content (AvgIpc) is 2.52. The van der Waals surface area contributed by atoms with Gasteiger partial charge in [-0.1, -0.05) is 48.5 Å². The summed E-state index contributed by atoms with van der Waals surface area (Å²) in [7, 11) is 0. The van der Waals surface area contributed by atoms with E-state index in [0.29, 0.717) is 5.75 Å². The van der Waals surface area contributed by atoms with E-state index in [9.17, 15) is 17.4 Å². The zero-order chi connectivity index (χ0) is 16.7. The molecule has 0 amide bonds. The van der Waals surface area contributed by atoms with Crippen molar-refractivity contribution in [3.8, 4) is 5.75 Å². The van der Waals surface area contributed by atoms with Crippen molar-refractivity contribution in [1.29, 1.82) is 0 Å². The van der Waals surface area contributed by atoms with Crippen molar-refractivity contribution in [3.63, 3.8) is 0 Å². The maximum Gasteiger partial charge on any atom is 0.401 e. The van der Waals surface area contributed by atoms with E-state index in [1.807, 2.05) is 0 Å². The summed E-state index contributed by atoms with van der Waals surface area (Å²) in [6.45, 7) is 0. The lowest BCUT2D eigenvalue weighted by Gasteiger charge is -2.19. The summed E-state index contributed by atoms with van der Waals surface area (Å²) in [6, 6.07) is 17.0. The second kappa shape index (κ2) is 8.40. The lowest BCUT2D eigenvalue weighted by Crippen LogP contribution is -2.32. The highest BCUT2D eigenvalue weighted by molar-refractivity contribution is 8.00. The van der Waals surface area contributed by atoms with Crippen LogP contribution in [0.5, 0.6) is 5.75 Å². The lowest BCUT2D eigenvalue weighted by molar-refractivity contribution is -0.124. The van der Waals surface area contributed by atoms with Gasteiger partial charge < -0.3 is 4.18 Å². The largest absolute Gasteiger partial charge is 0.401 e. The van der Waals surface area contributed by atoms with Crippen LogP contribution in [0.1, 0.15) is 5.56 Å². The molecule has 0 saturated carbocycles. The Labute approximate surface area is 139 Å². The Kier molecular flexibility index (Phi) is 6.53. The Morgan fingerprint density at radius 3 is 2.13 bits per heavy atom. The van der Waals surface area contributed by atoms with Gasteiger partial charge in [-0.25, -0.2) is 4.21 Å². The molecule has 2 aromatic carbocycles. The summed E-state index contributed by atoms with van der Waals surface area (Å²) in [4.78, 5) is 0. The molecule has 0 aliphatic rings. The van der Waals surface area contributed by atoms with Gasteiger partial charge in [0, 0.05) is 5.75 Å². The van der Waals surface area contributed by atoms with Crippen LogP contribution >= 0.6 is 11.8 Å². The first-order valence-corrected chi connectivity index (χ1v) is 9.08. The van der Waals surface area contributed by atoms with Gasteiger partial charge in [-0.3, -0.25) is 0 Å². The number of halogens is 3. The summed E-state index contributed by atoms with van der Waals surface area (Å²) < 4.78 is 56.2. The lowest BCUT2D eigenvalue weighted by atomic mass is 10.2. The molecule has 2 atom stereocenters. The van der Waals surface area contributed by atoms with E-state index in [1.165, 1.54) is 0 Å². The van der Waals surface area contributed by atoms with E-state index in [2.05, 4.69) is 0 Å². The summed E-state index contributed by atoms with van der Waals surface area (Å²) in [5, 5.41) is -1.74. The first-order valence-electron chi connectivity index (χ1n) is 6.79. The fourth-order valence-corrected chi connectivity index (χ4v) is 4.07. The van der Waals surface area contributed by atoms with Crippen molar-refractivity contribution in [2.45, 2.75) is 17.2 Å². The van der Waals surface area contributed by atoms with Gasteiger partial charge in [0.25, 0.3) is 0 Å². The van der Waals surface area contributed by atoms with Crippen LogP contribution in [-0.4, -0.2) is 21.4 Å². The van der Waals surface area contributed by atoms with Gasteiger partial charge in [0.05, 0.1) is 5.75 Å². The smallest absolute Gasteiger partial charge is 0.401 e. The highest BCUT2D eigenvalue weighted by atomic mass is 32.2. The average molecular weight is 360 g/mol. The van der Waals surface area contributed by atoms with E-state index in [1.54, 1.807) is 60.7 Å². The molecule has 7 heteroatoms. The SMILES string of the molecule is O=S(C[C@@H](SCc1ccccc1)C(F)(F)F)Oc1ccccc1. The number of hydrogen-bond acceptors (Lipinski definition) is 3. The number of benzene rings is 2. The number of thioether (sulfide) groups is 1. The highest BCUT2D eigenvalue weighted by Gasteiger charge is 2.41. The zero-order valence-electron chi connectivity index (χ0n) is 12.0. The van der Waals surface area contributed by atoms with E-state index in [4.69, 9.17) is 4.18 Å². The minimum Gasteiger partial charge on any atom is -0.401 e. The Morgan fingerprint density at radius 1 is 1.00 bits per heavy atom. The van der Waals surface area contributed by atoms with Gasteiger partial charge in [-0.2, -0.15) is 13.2 Å². The number of alkyl halides is 3. The molecule has 23 heavy (non-hydrogen) atoms. The Morgan fingerprint density at radius 2 is 1.57 bits per heavy atom. The zero-order valence-corrected chi connectivity index (χ0v) is 13.7. The molecule has 0 fully saturated rings. The number of hydrogen-bond donors (Lipinski definition) is 0. The monoisotopic (exact) mass is 360 g/mol. The molecule has 0 spiro atoms. The first kappa shape index (κ1) is 17.9. The molecule has 0 aromatic heterocycles. The van der Waals surface area contributed by atoms with Crippen LogP contribution in [0.4, 0.5) is 13.2 Å². The third-order valence-corrected chi connectivity index (χ3v) is 5.41. The van der Waals surface area contributed by atoms with Crippen molar-refractivity contribution >= 4 is 22.8 Å². The number of rotatable bonds is 7. The molecule has 0 heterocycles. The minimum absolute atomic E-state index is 0.202. The van der Waals surface area contributed by atoms with Gasteiger partial charge in [0.15, 0.2) is 0 Å². The normalized spacial score (nSPS) is 14.2. The summed E-state index contributed by atoms with van der Waals surface area (Å²) in [5.41, 5.74) is 0.793. The third-order valence-electron chi connectivity index (χ3n) is 2.88. The molecule has 0 aliphatic carbocycles. The topological polar surface area (TPSA) is 26.3 Å². The van der Waals surface area contributed by atoms with Gasteiger partial charge >= 0.3 is 6.18 Å². The fourth-order valence-electron chi connectivity index (χ4n) is 1.75. The van der Waals surface area contributed by atoms with Crippen molar-refractivity contribution in [2.24, 2.45) is 0 Å². The van der Waals surface area contributed by atoms with E-state index >= 15 is 0 Å². The molecule has 0 bridgehead atoms. The molecule has 0 saturated heterocycles. The highest BCUT2D eigenvalue weighted by Crippen LogP contribution is 2.33. The maximum absolute atomic E-state index is 13.1. The maximum atomic E-state index is 13.1.